The van der Waals surface area contributed by atoms with Gasteiger partial charge in [-0.15, -0.1) is 5.54 Å². The maximum Gasteiger partial charge on any atom is 0.163 e. The van der Waals surface area contributed by atoms with E-state index in [1.165, 1.54) is 5.19 Å². The minimum Gasteiger partial charge on any atom is -0.151 e. The van der Waals surface area contributed by atoms with E-state index >= 15 is 0 Å². The van der Waals surface area contributed by atoms with E-state index in [0.29, 0.717) is 0 Å². The van der Waals surface area contributed by atoms with E-state index in [9.17, 15) is 0 Å². The van der Waals surface area contributed by atoms with Crippen LogP contribution < -0.4 is 5.19 Å². The van der Waals surface area contributed by atoms with Crippen molar-refractivity contribution in [2.75, 3.05) is 0 Å². The van der Waals surface area contributed by atoms with Gasteiger partial charge in [-0.05, 0) is 16.6 Å². The largest absolute Gasteiger partial charge is 0.163 e. The van der Waals surface area contributed by atoms with Crippen LogP contribution in [0.5, 0.6) is 0 Å². The minimum absolute atomic E-state index is 1.14. The second-order valence-corrected chi connectivity index (χ2v) is 9.11. The molecule has 0 N–H and O–H groups in total. The predicted octanol–water partition coefficient (Wildman–Crippen LogP) is 3.25. The molecule has 0 atom stereocenters. The van der Waals surface area contributed by atoms with Gasteiger partial charge in [-0.25, -0.2) is 0 Å². The second kappa shape index (κ2) is 4.69. The van der Waals surface area contributed by atoms with Crippen molar-refractivity contribution >= 4 is 24.6 Å². The van der Waals surface area contributed by atoms with Crippen molar-refractivity contribution in [2.45, 2.75) is 13.1 Å². The van der Waals surface area contributed by atoms with Crippen LogP contribution in [0.1, 0.15) is 5.56 Å². The highest BCUT2D eigenvalue weighted by Gasteiger charge is 2.20. The second-order valence-electron chi connectivity index (χ2n) is 4.25. The van der Waals surface area contributed by atoms with Gasteiger partial charge < -0.3 is 0 Å². The fraction of sp³-hybridized carbons (Fsp3) is 0.143. The van der Waals surface area contributed by atoms with E-state index in [2.05, 4.69) is 71.7 Å². The summed E-state index contributed by atoms with van der Waals surface area (Å²) in [5.74, 6) is 3.29. The summed E-state index contributed by atoms with van der Waals surface area (Å²) in [5, 5.41) is 5.57. The average Bonchev–Trinajstić information content (AvgIpc) is 2.81. The SMILES string of the molecule is C[Si](C)(C#Cc1ccsc1)c1ccccc1. The Bertz CT molecular complexity index is 501. The lowest BCUT2D eigenvalue weighted by Crippen LogP contribution is -2.39. The molecule has 0 saturated carbocycles. The molecule has 2 rings (SSSR count). The molecule has 0 aliphatic heterocycles. The molecule has 0 saturated heterocycles. The summed E-state index contributed by atoms with van der Waals surface area (Å²) in [6.07, 6.45) is 0. The zero-order valence-corrected chi connectivity index (χ0v) is 11.3. The highest BCUT2D eigenvalue weighted by molar-refractivity contribution is 7.08. The van der Waals surface area contributed by atoms with Crippen molar-refractivity contribution in [3.8, 4) is 11.5 Å². The van der Waals surface area contributed by atoms with Crippen LogP contribution in [0, 0.1) is 11.5 Å². The number of hydrogen-bond donors (Lipinski definition) is 0. The molecule has 2 aromatic rings. The molecule has 1 heterocycles. The van der Waals surface area contributed by atoms with Crippen molar-refractivity contribution in [3.05, 3.63) is 52.7 Å². The summed E-state index contributed by atoms with van der Waals surface area (Å²) in [4.78, 5) is 0. The Morgan fingerprint density at radius 3 is 2.44 bits per heavy atom. The topological polar surface area (TPSA) is 0 Å². The van der Waals surface area contributed by atoms with Gasteiger partial charge in [0.05, 0.1) is 0 Å². The van der Waals surface area contributed by atoms with Gasteiger partial charge >= 0.3 is 0 Å². The molecule has 0 fully saturated rings. The Hall–Kier alpha value is -1.30. The van der Waals surface area contributed by atoms with Gasteiger partial charge in [0.1, 0.15) is 0 Å². The lowest BCUT2D eigenvalue weighted by molar-refractivity contribution is 1.72. The molecule has 0 bridgehead atoms. The van der Waals surface area contributed by atoms with Crippen LogP contribution in [0.4, 0.5) is 0 Å². The van der Waals surface area contributed by atoms with Gasteiger partial charge in [-0.1, -0.05) is 49.3 Å². The summed E-state index contributed by atoms with van der Waals surface area (Å²) in [6, 6.07) is 12.7. The lowest BCUT2D eigenvalue weighted by atomic mass is 10.4. The van der Waals surface area contributed by atoms with Crippen molar-refractivity contribution in [2.24, 2.45) is 0 Å². The molecule has 16 heavy (non-hydrogen) atoms. The fourth-order valence-corrected chi connectivity index (χ4v) is 3.71. The van der Waals surface area contributed by atoms with E-state index in [1.54, 1.807) is 11.3 Å². The molecule has 0 unspecified atom stereocenters. The normalized spacial score (nSPS) is 10.6. The smallest absolute Gasteiger partial charge is 0.151 e. The molecule has 1 aromatic heterocycles. The molecule has 0 amide bonds. The van der Waals surface area contributed by atoms with Crippen LogP contribution >= 0.6 is 11.3 Å². The van der Waals surface area contributed by atoms with Crippen molar-refractivity contribution < 1.29 is 0 Å². The summed E-state index contributed by atoms with van der Waals surface area (Å²) in [6.45, 7) is 4.59. The van der Waals surface area contributed by atoms with Crippen LogP contribution in [0.25, 0.3) is 0 Å². The van der Waals surface area contributed by atoms with Crippen LogP contribution in [-0.2, 0) is 0 Å². The summed E-state index contributed by atoms with van der Waals surface area (Å²) >= 11 is 1.70. The van der Waals surface area contributed by atoms with E-state index in [4.69, 9.17) is 0 Å². The minimum atomic E-state index is -1.59. The van der Waals surface area contributed by atoms with Gasteiger partial charge in [0.2, 0.25) is 0 Å². The van der Waals surface area contributed by atoms with Crippen LogP contribution in [0.2, 0.25) is 13.1 Å². The zero-order valence-electron chi connectivity index (χ0n) is 9.53. The number of thiophene rings is 1. The van der Waals surface area contributed by atoms with Gasteiger partial charge in [0, 0.05) is 10.9 Å². The van der Waals surface area contributed by atoms with Crippen LogP contribution in [0.3, 0.4) is 0 Å². The first-order chi connectivity index (χ1) is 7.68. The van der Waals surface area contributed by atoms with Gasteiger partial charge in [0.15, 0.2) is 8.07 Å². The number of rotatable bonds is 1. The highest BCUT2D eigenvalue weighted by atomic mass is 32.1. The van der Waals surface area contributed by atoms with Crippen LogP contribution in [0.15, 0.2) is 47.2 Å². The third-order valence-electron chi connectivity index (χ3n) is 2.54. The Balaban J connectivity index is 2.27. The molecule has 2 heteroatoms. The van der Waals surface area contributed by atoms with Gasteiger partial charge in [0.25, 0.3) is 0 Å². The standard InChI is InChI=1S/C14H14SSi/c1-16(2,14-6-4-3-5-7-14)11-9-13-8-10-15-12-13/h3-8,10,12H,1-2H3. The van der Waals surface area contributed by atoms with E-state index in [1.807, 2.05) is 0 Å². The quantitative estimate of drug-likeness (QED) is 0.532. The molecule has 1 aromatic carbocycles. The Labute approximate surface area is 102 Å². The molecular formula is C14H14SSi. The monoisotopic (exact) mass is 242 g/mol. The Morgan fingerprint density at radius 2 is 1.81 bits per heavy atom. The average molecular weight is 242 g/mol. The maximum atomic E-state index is 3.47. The Kier molecular flexibility index (Phi) is 3.28. The highest BCUT2D eigenvalue weighted by Crippen LogP contribution is 2.06. The molecule has 0 radical (unpaired) electrons. The summed E-state index contributed by atoms with van der Waals surface area (Å²) < 4.78 is 0. The van der Waals surface area contributed by atoms with E-state index in [-0.39, 0.29) is 0 Å². The van der Waals surface area contributed by atoms with E-state index in [0.717, 1.165) is 5.56 Å². The van der Waals surface area contributed by atoms with Crippen molar-refractivity contribution in [1.82, 2.24) is 0 Å². The molecule has 80 valence electrons. The zero-order chi connectivity index (χ0) is 11.4. The summed E-state index contributed by atoms with van der Waals surface area (Å²) in [7, 11) is -1.59. The van der Waals surface area contributed by atoms with Crippen LogP contribution in [-0.4, -0.2) is 8.07 Å². The lowest BCUT2D eigenvalue weighted by Gasteiger charge is -2.14. The number of benzene rings is 1. The van der Waals surface area contributed by atoms with Crippen molar-refractivity contribution in [1.29, 1.82) is 0 Å². The predicted molar refractivity (Wildman–Crippen MR) is 74.8 cm³/mol. The molecule has 0 aliphatic carbocycles. The number of hydrogen-bond acceptors (Lipinski definition) is 1. The molecule has 0 aliphatic rings. The third kappa shape index (κ3) is 2.63. The molecule has 0 spiro atoms. The fourth-order valence-electron chi connectivity index (χ4n) is 1.49. The van der Waals surface area contributed by atoms with Gasteiger partial charge in [-0.2, -0.15) is 11.3 Å². The molecular weight excluding hydrogens is 228 g/mol. The van der Waals surface area contributed by atoms with Gasteiger partial charge in [-0.3, -0.25) is 0 Å². The van der Waals surface area contributed by atoms with E-state index < -0.39 is 8.07 Å². The molecule has 0 nitrogen and oxygen atoms in total. The maximum absolute atomic E-state index is 3.47. The first-order valence-corrected chi connectivity index (χ1v) is 9.24. The third-order valence-corrected chi connectivity index (χ3v) is 5.75. The summed E-state index contributed by atoms with van der Waals surface area (Å²) in [5.41, 5.74) is 4.61. The first-order valence-electron chi connectivity index (χ1n) is 5.29. The van der Waals surface area contributed by atoms with Crippen molar-refractivity contribution in [3.63, 3.8) is 0 Å². The Morgan fingerprint density at radius 1 is 1.06 bits per heavy atom. The first kappa shape index (κ1) is 11.2.